The molecule has 0 spiro atoms. The highest BCUT2D eigenvalue weighted by Gasteiger charge is 2.47. The predicted octanol–water partition coefficient (Wildman–Crippen LogP) is 2.86. The van der Waals surface area contributed by atoms with E-state index in [-0.39, 0.29) is 11.8 Å². The summed E-state index contributed by atoms with van der Waals surface area (Å²) in [6.45, 7) is 5.61. The summed E-state index contributed by atoms with van der Waals surface area (Å²) >= 11 is 3.38. The van der Waals surface area contributed by atoms with Crippen molar-refractivity contribution >= 4 is 33.4 Å². The monoisotopic (exact) mass is 338 g/mol. The third-order valence-corrected chi connectivity index (χ3v) is 4.60. The first kappa shape index (κ1) is 15.0. The van der Waals surface area contributed by atoms with Gasteiger partial charge in [0.1, 0.15) is 11.6 Å². The highest BCUT2D eigenvalue weighted by Crippen LogP contribution is 2.30. The molecule has 2 rings (SSSR count). The van der Waals surface area contributed by atoms with Gasteiger partial charge in [-0.25, -0.2) is 0 Å². The second kappa shape index (κ2) is 5.56. The van der Waals surface area contributed by atoms with Crippen LogP contribution < -0.4 is 10.2 Å². The van der Waals surface area contributed by atoms with Crippen molar-refractivity contribution in [1.82, 2.24) is 5.32 Å². The number of halogens is 1. The van der Waals surface area contributed by atoms with Gasteiger partial charge in [-0.05, 0) is 44.0 Å². The molecule has 0 aromatic heterocycles. The van der Waals surface area contributed by atoms with Crippen LogP contribution in [0.3, 0.4) is 0 Å². The van der Waals surface area contributed by atoms with Crippen molar-refractivity contribution in [3.8, 4) is 0 Å². The molecule has 1 heterocycles. The van der Waals surface area contributed by atoms with Crippen molar-refractivity contribution < 1.29 is 9.59 Å². The van der Waals surface area contributed by atoms with Gasteiger partial charge in [0, 0.05) is 10.2 Å². The molecule has 0 radical (unpaired) electrons. The van der Waals surface area contributed by atoms with E-state index >= 15 is 0 Å². The second-order valence-electron chi connectivity index (χ2n) is 5.11. The van der Waals surface area contributed by atoms with Gasteiger partial charge < -0.3 is 5.32 Å². The molecule has 1 fully saturated rings. The Hall–Kier alpha value is -1.36. The number of amides is 2. The Kier molecular flexibility index (Phi) is 4.18. The number of nitrogens with zero attached hydrogens (tertiary/aromatic N) is 1. The lowest BCUT2D eigenvalue weighted by atomic mass is 9.87. The zero-order chi connectivity index (χ0) is 14.9. The average molecular weight is 339 g/mol. The maximum atomic E-state index is 12.9. The first-order chi connectivity index (χ1) is 9.45. The Balaban J connectivity index is 2.46. The summed E-state index contributed by atoms with van der Waals surface area (Å²) in [5.41, 5.74) is -0.0248. The molecule has 1 atom stereocenters. The fourth-order valence-corrected chi connectivity index (χ4v) is 2.85. The Morgan fingerprint density at radius 1 is 1.20 bits per heavy atom. The van der Waals surface area contributed by atoms with Crippen LogP contribution in [0.15, 0.2) is 28.7 Å². The normalized spacial score (nSPS) is 21.8. The molecule has 1 N–H and O–H groups in total. The lowest BCUT2D eigenvalue weighted by Crippen LogP contribution is -2.69. The summed E-state index contributed by atoms with van der Waals surface area (Å²) in [4.78, 5) is 26.7. The molecule has 0 aliphatic carbocycles. The van der Waals surface area contributed by atoms with Gasteiger partial charge in [0.25, 0.3) is 5.91 Å². The van der Waals surface area contributed by atoms with E-state index in [1.165, 1.54) is 0 Å². The van der Waals surface area contributed by atoms with Crippen LogP contribution in [0.25, 0.3) is 0 Å². The first-order valence-corrected chi connectivity index (χ1v) is 7.65. The van der Waals surface area contributed by atoms with E-state index in [1.807, 2.05) is 38.1 Å². The molecular weight excluding hydrogens is 320 g/mol. The largest absolute Gasteiger partial charge is 0.340 e. The number of carbonyl (C=O) groups excluding carboxylic acids is 2. The Labute approximate surface area is 127 Å². The smallest absolute Gasteiger partial charge is 0.253 e. The number of rotatable bonds is 3. The number of anilines is 1. The van der Waals surface area contributed by atoms with Crippen molar-refractivity contribution in [1.29, 1.82) is 0 Å². The molecule has 0 saturated carbocycles. The molecule has 1 aromatic rings. The van der Waals surface area contributed by atoms with Crippen LogP contribution in [0, 0.1) is 0 Å². The van der Waals surface area contributed by atoms with E-state index in [9.17, 15) is 9.59 Å². The molecule has 1 aliphatic rings. The molecule has 2 amide bonds. The molecule has 20 heavy (non-hydrogen) atoms. The Morgan fingerprint density at radius 3 is 2.25 bits per heavy atom. The topological polar surface area (TPSA) is 49.4 Å². The molecule has 1 aromatic carbocycles. The fourth-order valence-electron chi connectivity index (χ4n) is 2.59. The molecular formula is C15H19BrN2O2. The van der Waals surface area contributed by atoms with E-state index in [4.69, 9.17) is 0 Å². The van der Waals surface area contributed by atoms with Gasteiger partial charge in [-0.3, -0.25) is 14.5 Å². The summed E-state index contributed by atoms with van der Waals surface area (Å²) < 4.78 is 0.944. The highest BCUT2D eigenvalue weighted by molar-refractivity contribution is 9.10. The minimum Gasteiger partial charge on any atom is -0.340 e. The Morgan fingerprint density at radius 2 is 1.75 bits per heavy atom. The lowest BCUT2D eigenvalue weighted by molar-refractivity contribution is -0.138. The zero-order valence-electron chi connectivity index (χ0n) is 11.9. The van der Waals surface area contributed by atoms with Gasteiger partial charge in [-0.2, -0.15) is 0 Å². The van der Waals surface area contributed by atoms with Crippen LogP contribution in [-0.4, -0.2) is 23.4 Å². The van der Waals surface area contributed by atoms with Crippen molar-refractivity contribution in [2.45, 2.75) is 45.2 Å². The van der Waals surface area contributed by atoms with E-state index in [2.05, 4.69) is 21.2 Å². The van der Waals surface area contributed by atoms with Gasteiger partial charge in [-0.1, -0.05) is 29.8 Å². The van der Waals surface area contributed by atoms with E-state index in [0.717, 1.165) is 10.2 Å². The van der Waals surface area contributed by atoms with Crippen LogP contribution >= 0.6 is 15.9 Å². The van der Waals surface area contributed by atoms with Crippen LogP contribution in [0.5, 0.6) is 0 Å². The van der Waals surface area contributed by atoms with Crippen LogP contribution in [0.1, 0.15) is 33.6 Å². The molecule has 5 heteroatoms. The number of piperazine rings is 1. The lowest BCUT2D eigenvalue weighted by Gasteiger charge is -2.44. The minimum absolute atomic E-state index is 0.0306. The summed E-state index contributed by atoms with van der Waals surface area (Å²) in [5, 5.41) is 2.90. The van der Waals surface area contributed by atoms with Crippen molar-refractivity contribution in [3.05, 3.63) is 28.7 Å². The van der Waals surface area contributed by atoms with Gasteiger partial charge >= 0.3 is 0 Å². The third-order valence-electron chi connectivity index (χ3n) is 4.07. The standard InChI is InChI=1S/C15H19BrN2O2/c1-4-15(5-2)14(20)18(10(3)13(19)17-15)12-8-6-11(16)7-9-12/h6-10H,4-5H2,1-3H3,(H,17,19). The molecule has 4 nitrogen and oxygen atoms in total. The summed E-state index contributed by atoms with van der Waals surface area (Å²) in [6, 6.07) is 6.97. The van der Waals surface area contributed by atoms with E-state index in [0.29, 0.717) is 12.8 Å². The molecule has 1 saturated heterocycles. The van der Waals surface area contributed by atoms with Crippen LogP contribution in [-0.2, 0) is 9.59 Å². The van der Waals surface area contributed by atoms with Gasteiger partial charge in [0.2, 0.25) is 5.91 Å². The second-order valence-corrected chi connectivity index (χ2v) is 6.02. The van der Waals surface area contributed by atoms with Crippen molar-refractivity contribution in [3.63, 3.8) is 0 Å². The van der Waals surface area contributed by atoms with Gasteiger partial charge in [0.05, 0.1) is 0 Å². The maximum absolute atomic E-state index is 12.9. The zero-order valence-corrected chi connectivity index (χ0v) is 13.5. The van der Waals surface area contributed by atoms with E-state index in [1.54, 1.807) is 11.8 Å². The summed E-state index contributed by atoms with van der Waals surface area (Å²) in [7, 11) is 0. The summed E-state index contributed by atoms with van der Waals surface area (Å²) in [5.74, 6) is -0.131. The summed E-state index contributed by atoms with van der Waals surface area (Å²) in [6.07, 6.45) is 1.18. The van der Waals surface area contributed by atoms with Crippen molar-refractivity contribution in [2.75, 3.05) is 4.90 Å². The quantitative estimate of drug-likeness (QED) is 0.921. The van der Waals surface area contributed by atoms with Crippen LogP contribution in [0.4, 0.5) is 5.69 Å². The first-order valence-electron chi connectivity index (χ1n) is 6.86. The molecule has 1 aliphatic heterocycles. The molecule has 1 unspecified atom stereocenters. The predicted molar refractivity (Wildman–Crippen MR) is 82.5 cm³/mol. The van der Waals surface area contributed by atoms with Crippen LogP contribution in [0.2, 0.25) is 0 Å². The SMILES string of the molecule is CCC1(CC)NC(=O)C(C)N(c2ccc(Br)cc2)C1=O. The molecule has 108 valence electrons. The number of benzene rings is 1. The number of hydrogen-bond acceptors (Lipinski definition) is 2. The highest BCUT2D eigenvalue weighted by atomic mass is 79.9. The third kappa shape index (κ3) is 2.35. The van der Waals surface area contributed by atoms with Gasteiger partial charge in [0.15, 0.2) is 0 Å². The van der Waals surface area contributed by atoms with E-state index < -0.39 is 11.6 Å². The van der Waals surface area contributed by atoms with Gasteiger partial charge in [-0.15, -0.1) is 0 Å². The maximum Gasteiger partial charge on any atom is 0.253 e. The average Bonchev–Trinajstić information content (AvgIpc) is 2.45. The number of hydrogen-bond donors (Lipinski definition) is 1. The minimum atomic E-state index is -0.781. The Bertz CT molecular complexity index is 523. The molecule has 0 bridgehead atoms. The fraction of sp³-hybridized carbons (Fsp3) is 0.467. The number of carbonyl (C=O) groups is 2. The van der Waals surface area contributed by atoms with Crippen molar-refractivity contribution in [2.24, 2.45) is 0 Å². The number of nitrogens with one attached hydrogen (secondary N) is 1.